The molecule has 6 heteroatoms. The van der Waals surface area contributed by atoms with Gasteiger partial charge in [0.1, 0.15) is 6.10 Å². The maximum Gasteiger partial charge on any atom is 0.414 e. The number of carbonyl (C=O) groups is 1. The van der Waals surface area contributed by atoms with E-state index < -0.39 is 0 Å². The minimum Gasteiger partial charge on any atom is -0.442 e. The van der Waals surface area contributed by atoms with Crippen molar-refractivity contribution in [1.82, 2.24) is 10.6 Å². The van der Waals surface area contributed by atoms with Crippen LogP contribution in [0.3, 0.4) is 0 Å². The molecule has 1 saturated heterocycles. The van der Waals surface area contributed by atoms with E-state index >= 15 is 0 Å². The molecule has 0 aliphatic carbocycles. The number of carbonyl (C=O) groups excluding carboxylic acids is 1. The molecule has 1 aliphatic heterocycles. The molecule has 0 saturated carbocycles. The molecule has 1 amide bonds. The lowest BCUT2D eigenvalue weighted by molar-refractivity contribution is 0.143. The molecule has 1 atom stereocenters. The molecule has 1 aromatic rings. The summed E-state index contributed by atoms with van der Waals surface area (Å²) in [5, 5.41) is 6.74. The topological polar surface area (TPSA) is 53.6 Å². The van der Waals surface area contributed by atoms with Crippen molar-refractivity contribution in [3.8, 4) is 0 Å². The van der Waals surface area contributed by atoms with Crippen molar-refractivity contribution in [1.29, 1.82) is 0 Å². The Kier molecular flexibility index (Phi) is 5.17. The molecule has 1 aromatic carbocycles. The first-order valence-electron chi connectivity index (χ1n) is 6.75. The second kappa shape index (κ2) is 7.09. The molecule has 2 N–H and O–H groups in total. The predicted octanol–water partition coefficient (Wildman–Crippen LogP) is 1.89. The molecule has 1 heterocycles. The van der Waals surface area contributed by atoms with E-state index in [-0.39, 0.29) is 12.2 Å². The highest BCUT2D eigenvalue weighted by Crippen LogP contribution is 2.20. The Hall–Kier alpha value is -1.82. The number of cyclic esters (lactones) is 1. The lowest BCUT2D eigenvalue weighted by Crippen LogP contribution is -2.40. The van der Waals surface area contributed by atoms with E-state index in [1.54, 1.807) is 4.90 Å². The van der Waals surface area contributed by atoms with Crippen LogP contribution in [0.5, 0.6) is 0 Å². The summed E-state index contributed by atoms with van der Waals surface area (Å²) in [6, 6.07) is 9.51. The van der Waals surface area contributed by atoms with E-state index in [4.69, 9.17) is 17.0 Å². The Bertz CT molecular complexity index is 467. The molecule has 0 bridgehead atoms. The van der Waals surface area contributed by atoms with Crippen LogP contribution in [0.4, 0.5) is 10.5 Å². The summed E-state index contributed by atoms with van der Waals surface area (Å²) in [4.78, 5) is 13.5. The molecule has 0 unspecified atom stereocenters. The second-order valence-electron chi connectivity index (χ2n) is 4.59. The first-order chi connectivity index (χ1) is 9.70. The molecule has 0 spiro atoms. The summed E-state index contributed by atoms with van der Waals surface area (Å²) in [5.74, 6) is 0. The summed E-state index contributed by atoms with van der Waals surface area (Å²) in [5.41, 5.74) is 0.853. The number of rotatable bonds is 5. The number of ether oxygens (including phenoxy) is 1. The summed E-state index contributed by atoms with van der Waals surface area (Å²) in [7, 11) is 0. The highest BCUT2D eigenvalue weighted by molar-refractivity contribution is 7.80. The van der Waals surface area contributed by atoms with Gasteiger partial charge in [-0.25, -0.2) is 4.79 Å². The largest absolute Gasteiger partial charge is 0.442 e. The van der Waals surface area contributed by atoms with Crippen molar-refractivity contribution in [2.24, 2.45) is 0 Å². The summed E-state index contributed by atoms with van der Waals surface area (Å²) in [6.45, 7) is 3.97. The zero-order chi connectivity index (χ0) is 14.4. The van der Waals surface area contributed by atoms with Crippen molar-refractivity contribution >= 4 is 29.1 Å². The fourth-order valence-electron chi connectivity index (χ4n) is 1.95. The van der Waals surface area contributed by atoms with Gasteiger partial charge in [-0.2, -0.15) is 0 Å². The Morgan fingerprint density at radius 3 is 2.85 bits per heavy atom. The van der Waals surface area contributed by atoms with Crippen LogP contribution >= 0.6 is 12.2 Å². The molecular weight excluding hydrogens is 274 g/mol. The first kappa shape index (κ1) is 14.6. The van der Waals surface area contributed by atoms with Crippen molar-refractivity contribution in [3.05, 3.63) is 30.3 Å². The maximum atomic E-state index is 11.8. The third-order valence-corrected chi connectivity index (χ3v) is 3.26. The first-order valence-corrected chi connectivity index (χ1v) is 7.16. The fraction of sp³-hybridized carbons (Fsp3) is 0.429. The monoisotopic (exact) mass is 293 g/mol. The van der Waals surface area contributed by atoms with Crippen LogP contribution in [0.1, 0.15) is 13.3 Å². The zero-order valence-electron chi connectivity index (χ0n) is 11.5. The van der Waals surface area contributed by atoms with Gasteiger partial charge in [0.15, 0.2) is 5.11 Å². The number of benzene rings is 1. The summed E-state index contributed by atoms with van der Waals surface area (Å²) >= 11 is 5.13. The van der Waals surface area contributed by atoms with Gasteiger partial charge in [0, 0.05) is 12.2 Å². The molecule has 1 fully saturated rings. The average Bonchev–Trinajstić information content (AvgIpc) is 2.85. The number of hydrogen-bond donors (Lipinski definition) is 2. The van der Waals surface area contributed by atoms with Crippen LogP contribution < -0.4 is 15.5 Å². The van der Waals surface area contributed by atoms with Crippen LogP contribution in [-0.4, -0.2) is 36.9 Å². The van der Waals surface area contributed by atoms with Crippen LogP contribution in [0.2, 0.25) is 0 Å². The molecule has 20 heavy (non-hydrogen) atoms. The van der Waals surface area contributed by atoms with Crippen LogP contribution in [0, 0.1) is 0 Å². The molecule has 1 aliphatic rings. The number of thiocarbonyl (C=S) groups is 1. The van der Waals surface area contributed by atoms with Gasteiger partial charge in [0.05, 0.1) is 13.1 Å². The third-order valence-electron chi connectivity index (χ3n) is 2.97. The molecular formula is C14H19N3O2S. The van der Waals surface area contributed by atoms with Gasteiger partial charge in [0.2, 0.25) is 0 Å². The molecule has 0 radical (unpaired) electrons. The zero-order valence-corrected chi connectivity index (χ0v) is 12.3. The number of para-hydroxylation sites is 1. The third kappa shape index (κ3) is 3.84. The number of amides is 1. The minimum atomic E-state index is -0.310. The molecule has 5 nitrogen and oxygen atoms in total. The standard InChI is InChI=1S/C14H19N3O2S/c1-2-8-15-13(20)16-9-12-10-17(14(18)19-12)11-6-4-3-5-7-11/h3-7,12H,2,8-10H2,1H3,(H2,15,16,20)/t12-/m0/s1. The smallest absolute Gasteiger partial charge is 0.414 e. The average molecular weight is 293 g/mol. The molecule has 108 valence electrons. The van der Waals surface area contributed by atoms with E-state index in [0.717, 1.165) is 18.7 Å². The van der Waals surface area contributed by atoms with Crippen molar-refractivity contribution in [2.75, 3.05) is 24.5 Å². The van der Waals surface area contributed by atoms with Crippen LogP contribution in [-0.2, 0) is 4.74 Å². The molecule has 2 rings (SSSR count). The second-order valence-corrected chi connectivity index (χ2v) is 5.00. The number of nitrogens with one attached hydrogen (secondary N) is 2. The highest BCUT2D eigenvalue weighted by Gasteiger charge is 2.32. The number of hydrogen-bond acceptors (Lipinski definition) is 3. The van der Waals surface area contributed by atoms with Gasteiger partial charge in [-0.05, 0) is 30.8 Å². The Morgan fingerprint density at radius 2 is 2.15 bits per heavy atom. The van der Waals surface area contributed by atoms with E-state index in [1.807, 2.05) is 30.3 Å². The Balaban J connectivity index is 1.82. The van der Waals surface area contributed by atoms with Gasteiger partial charge in [-0.1, -0.05) is 25.1 Å². The minimum absolute atomic E-state index is 0.191. The van der Waals surface area contributed by atoms with Crippen LogP contribution in [0.25, 0.3) is 0 Å². The maximum absolute atomic E-state index is 11.8. The van der Waals surface area contributed by atoms with Crippen molar-refractivity contribution in [3.63, 3.8) is 0 Å². The number of anilines is 1. The summed E-state index contributed by atoms with van der Waals surface area (Å²) < 4.78 is 5.32. The Labute approximate surface area is 124 Å². The predicted molar refractivity (Wildman–Crippen MR) is 83.0 cm³/mol. The van der Waals surface area contributed by atoms with Crippen molar-refractivity contribution in [2.45, 2.75) is 19.4 Å². The number of nitrogens with zero attached hydrogens (tertiary/aromatic N) is 1. The quantitative estimate of drug-likeness (QED) is 0.812. The van der Waals surface area contributed by atoms with Gasteiger partial charge >= 0.3 is 6.09 Å². The van der Waals surface area contributed by atoms with E-state index in [9.17, 15) is 4.79 Å². The van der Waals surface area contributed by atoms with E-state index in [2.05, 4.69) is 17.6 Å². The van der Waals surface area contributed by atoms with Gasteiger partial charge in [-0.3, -0.25) is 4.90 Å². The SMILES string of the molecule is CCCNC(=S)NC[C@H]1CN(c2ccccc2)C(=O)O1. The lowest BCUT2D eigenvalue weighted by Gasteiger charge is -2.14. The normalized spacial score (nSPS) is 17.8. The van der Waals surface area contributed by atoms with Crippen LogP contribution in [0.15, 0.2) is 30.3 Å². The van der Waals surface area contributed by atoms with E-state index in [1.165, 1.54) is 0 Å². The van der Waals surface area contributed by atoms with E-state index in [0.29, 0.717) is 18.2 Å². The van der Waals surface area contributed by atoms with Gasteiger partial charge in [-0.15, -0.1) is 0 Å². The highest BCUT2D eigenvalue weighted by atomic mass is 32.1. The Morgan fingerprint density at radius 1 is 1.40 bits per heavy atom. The lowest BCUT2D eigenvalue weighted by atomic mass is 10.3. The van der Waals surface area contributed by atoms with Gasteiger partial charge in [0.25, 0.3) is 0 Å². The fourth-order valence-corrected chi connectivity index (χ4v) is 2.14. The summed E-state index contributed by atoms with van der Waals surface area (Å²) in [6.07, 6.45) is 0.515. The van der Waals surface area contributed by atoms with Crippen molar-refractivity contribution < 1.29 is 9.53 Å². The van der Waals surface area contributed by atoms with Gasteiger partial charge < -0.3 is 15.4 Å². The molecule has 0 aromatic heterocycles.